The second-order valence-electron chi connectivity index (χ2n) is 3.17. The molecular weight excluding hydrogens is 127 g/mol. The van der Waals surface area contributed by atoms with Gasteiger partial charge >= 0.3 is 0 Å². The van der Waals surface area contributed by atoms with Crippen LogP contribution in [0.5, 0.6) is 0 Å². The van der Waals surface area contributed by atoms with Crippen molar-refractivity contribution in [2.24, 2.45) is 11.8 Å². The van der Waals surface area contributed by atoms with E-state index >= 15 is 0 Å². The molecule has 1 fully saturated rings. The molecule has 58 valence electrons. The van der Waals surface area contributed by atoms with Gasteiger partial charge in [-0.3, -0.25) is 4.39 Å². The monoisotopic (exact) mass is 142 g/mol. The van der Waals surface area contributed by atoms with Crippen LogP contribution in [0.15, 0.2) is 12.7 Å². The van der Waals surface area contributed by atoms with Gasteiger partial charge in [0.2, 0.25) is 0 Å². The zero-order valence-electron chi connectivity index (χ0n) is 6.35. The molecule has 0 aromatic rings. The van der Waals surface area contributed by atoms with Crippen LogP contribution in [0.4, 0.5) is 4.39 Å². The molecule has 0 saturated heterocycles. The Bertz CT molecular complexity index is 101. The van der Waals surface area contributed by atoms with Crippen molar-refractivity contribution >= 4 is 0 Å². The van der Waals surface area contributed by atoms with Crippen LogP contribution in [0.2, 0.25) is 0 Å². The first kappa shape index (κ1) is 7.77. The van der Waals surface area contributed by atoms with Crippen LogP contribution in [0.25, 0.3) is 0 Å². The fourth-order valence-electron chi connectivity index (χ4n) is 1.58. The first-order chi connectivity index (χ1) is 4.86. The van der Waals surface area contributed by atoms with Crippen molar-refractivity contribution in [1.29, 1.82) is 0 Å². The second kappa shape index (κ2) is 3.75. The third-order valence-electron chi connectivity index (χ3n) is 2.44. The van der Waals surface area contributed by atoms with E-state index in [1.54, 1.807) is 0 Å². The fourth-order valence-corrected chi connectivity index (χ4v) is 1.58. The summed E-state index contributed by atoms with van der Waals surface area (Å²) in [5, 5.41) is 0. The molecule has 0 bridgehead atoms. The molecule has 0 amide bonds. The van der Waals surface area contributed by atoms with E-state index in [1.165, 1.54) is 0 Å². The number of rotatable bonds is 2. The van der Waals surface area contributed by atoms with E-state index in [9.17, 15) is 4.39 Å². The zero-order valence-corrected chi connectivity index (χ0v) is 6.35. The predicted molar refractivity (Wildman–Crippen MR) is 41.6 cm³/mol. The van der Waals surface area contributed by atoms with Gasteiger partial charge in [0.15, 0.2) is 0 Å². The summed E-state index contributed by atoms with van der Waals surface area (Å²) in [6.45, 7) is 3.62. The number of hydrogen-bond acceptors (Lipinski definition) is 0. The number of alkyl halides is 1. The standard InChI is InChI=1S/C9H15F/c1-2-8-3-5-9(7-10)6-4-8/h2,8-9H,1,3-7H2. The molecule has 0 heterocycles. The lowest BCUT2D eigenvalue weighted by Crippen LogP contribution is -2.13. The SMILES string of the molecule is C=CC1CCC(CF)CC1. The van der Waals surface area contributed by atoms with Crippen LogP contribution in [-0.4, -0.2) is 6.67 Å². The van der Waals surface area contributed by atoms with Crippen LogP contribution in [0, 0.1) is 11.8 Å². The molecule has 0 nitrogen and oxygen atoms in total. The van der Waals surface area contributed by atoms with Crippen LogP contribution in [-0.2, 0) is 0 Å². The van der Waals surface area contributed by atoms with Crippen molar-refractivity contribution in [3.05, 3.63) is 12.7 Å². The largest absolute Gasteiger partial charge is 0.251 e. The summed E-state index contributed by atoms with van der Waals surface area (Å²) in [6.07, 6.45) is 6.44. The predicted octanol–water partition coefficient (Wildman–Crippen LogP) is 2.95. The second-order valence-corrected chi connectivity index (χ2v) is 3.17. The van der Waals surface area contributed by atoms with Crippen molar-refractivity contribution in [3.8, 4) is 0 Å². The minimum atomic E-state index is -0.121. The van der Waals surface area contributed by atoms with Gasteiger partial charge < -0.3 is 0 Å². The van der Waals surface area contributed by atoms with E-state index in [0.717, 1.165) is 25.7 Å². The van der Waals surface area contributed by atoms with Crippen LogP contribution in [0.3, 0.4) is 0 Å². The summed E-state index contributed by atoms with van der Waals surface area (Å²) < 4.78 is 12.1. The maximum absolute atomic E-state index is 12.1. The molecule has 0 spiro atoms. The fraction of sp³-hybridized carbons (Fsp3) is 0.778. The maximum Gasteiger partial charge on any atom is 0.0922 e. The molecule has 0 N–H and O–H groups in total. The molecule has 1 aliphatic rings. The quantitative estimate of drug-likeness (QED) is 0.520. The first-order valence-corrected chi connectivity index (χ1v) is 4.05. The van der Waals surface area contributed by atoms with Gasteiger partial charge in [-0.2, -0.15) is 0 Å². The molecule has 0 radical (unpaired) electrons. The van der Waals surface area contributed by atoms with E-state index < -0.39 is 0 Å². The maximum atomic E-state index is 12.1. The zero-order chi connectivity index (χ0) is 7.40. The first-order valence-electron chi connectivity index (χ1n) is 4.05. The Labute approximate surface area is 62.1 Å². The highest BCUT2D eigenvalue weighted by Gasteiger charge is 2.18. The molecular formula is C9H15F. The summed E-state index contributed by atoms with van der Waals surface area (Å²) in [7, 11) is 0. The van der Waals surface area contributed by atoms with Gasteiger partial charge in [0.25, 0.3) is 0 Å². The molecule has 0 aliphatic heterocycles. The highest BCUT2D eigenvalue weighted by Crippen LogP contribution is 2.29. The van der Waals surface area contributed by atoms with Crippen LogP contribution < -0.4 is 0 Å². The molecule has 0 unspecified atom stereocenters. The topological polar surface area (TPSA) is 0 Å². The van der Waals surface area contributed by atoms with Crippen molar-refractivity contribution < 1.29 is 4.39 Å². The van der Waals surface area contributed by atoms with E-state index in [4.69, 9.17) is 0 Å². The van der Waals surface area contributed by atoms with E-state index in [-0.39, 0.29) is 6.67 Å². The van der Waals surface area contributed by atoms with Gasteiger partial charge in [-0.15, -0.1) is 6.58 Å². The summed E-state index contributed by atoms with van der Waals surface area (Å²) in [4.78, 5) is 0. The van der Waals surface area contributed by atoms with Gasteiger partial charge in [-0.25, -0.2) is 0 Å². The van der Waals surface area contributed by atoms with Gasteiger partial charge in [-0.05, 0) is 37.5 Å². The van der Waals surface area contributed by atoms with Crippen molar-refractivity contribution in [2.75, 3.05) is 6.67 Å². The highest BCUT2D eigenvalue weighted by atomic mass is 19.1. The van der Waals surface area contributed by atoms with Crippen molar-refractivity contribution in [3.63, 3.8) is 0 Å². The molecule has 1 rings (SSSR count). The Morgan fingerprint density at radius 1 is 1.30 bits per heavy atom. The normalized spacial score (nSPS) is 33.7. The Kier molecular flexibility index (Phi) is 2.91. The lowest BCUT2D eigenvalue weighted by atomic mass is 9.83. The molecule has 0 aromatic carbocycles. The smallest absolute Gasteiger partial charge is 0.0922 e. The molecule has 10 heavy (non-hydrogen) atoms. The van der Waals surface area contributed by atoms with Gasteiger partial charge in [0.1, 0.15) is 0 Å². The minimum Gasteiger partial charge on any atom is -0.251 e. The average Bonchev–Trinajstić information content (AvgIpc) is 2.05. The van der Waals surface area contributed by atoms with E-state index in [1.807, 2.05) is 6.08 Å². The van der Waals surface area contributed by atoms with Crippen molar-refractivity contribution in [2.45, 2.75) is 25.7 Å². The van der Waals surface area contributed by atoms with Gasteiger partial charge in [0, 0.05) is 0 Å². The average molecular weight is 142 g/mol. The van der Waals surface area contributed by atoms with Crippen LogP contribution in [0.1, 0.15) is 25.7 Å². The molecule has 1 aliphatic carbocycles. The van der Waals surface area contributed by atoms with Crippen molar-refractivity contribution in [1.82, 2.24) is 0 Å². The van der Waals surface area contributed by atoms with E-state index in [0.29, 0.717) is 11.8 Å². The number of allylic oxidation sites excluding steroid dienone is 1. The summed E-state index contributed by atoms with van der Waals surface area (Å²) >= 11 is 0. The molecule has 1 heteroatoms. The van der Waals surface area contributed by atoms with E-state index in [2.05, 4.69) is 6.58 Å². The van der Waals surface area contributed by atoms with Gasteiger partial charge in [-0.1, -0.05) is 6.08 Å². The molecule has 1 saturated carbocycles. The lowest BCUT2D eigenvalue weighted by Gasteiger charge is -2.23. The third kappa shape index (κ3) is 1.83. The minimum absolute atomic E-state index is 0.121. The third-order valence-corrected chi connectivity index (χ3v) is 2.44. The lowest BCUT2D eigenvalue weighted by molar-refractivity contribution is 0.254. The Hall–Kier alpha value is -0.330. The van der Waals surface area contributed by atoms with Gasteiger partial charge in [0.05, 0.1) is 6.67 Å². The number of hydrogen-bond donors (Lipinski definition) is 0. The summed E-state index contributed by atoms with van der Waals surface area (Å²) in [5.74, 6) is 1.03. The molecule has 0 atom stereocenters. The Morgan fingerprint density at radius 2 is 1.90 bits per heavy atom. The highest BCUT2D eigenvalue weighted by molar-refractivity contribution is 4.83. The molecule has 0 aromatic heterocycles. The van der Waals surface area contributed by atoms with Crippen LogP contribution >= 0.6 is 0 Å². The Balaban J connectivity index is 2.23. The Morgan fingerprint density at radius 3 is 2.30 bits per heavy atom. The summed E-state index contributed by atoms with van der Waals surface area (Å²) in [5.41, 5.74) is 0. The number of halogens is 1. The summed E-state index contributed by atoms with van der Waals surface area (Å²) in [6, 6.07) is 0.